The minimum atomic E-state index is -8.73. The van der Waals surface area contributed by atoms with Gasteiger partial charge < -0.3 is 9.90 Å². The molecular formula is C10H2F17KO2. The predicted octanol–water partition coefficient (Wildman–Crippen LogP) is 1.14. The molecule has 0 aliphatic heterocycles. The van der Waals surface area contributed by atoms with E-state index in [-0.39, 0.29) is 51.4 Å². The first-order valence-electron chi connectivity index (χ1n) is 6.08. The zero-order chi connectivity index (χ0) is 24.3. The maximum absolute atomic E-state index is 13.1. The van der Waals surface area contributed by atoms with Crippen LogP contribution >= 0.6 is 0 Å². The average Bonchev–Trinajstić information content (AvgIpc) is 2.43. The molecule has 174 valence electrons. The molecule has 0 N–H and O–H groups in total. The summed E-state index contributed by atoms with van der Waals surface area (Å²) >= 11 is 0. The van der Waals surface area contributed by atoms with E-state index in [1.807, 2.05) is 0 Å². The van der Waals surface area contributed by atoms with Gasteiger partial charge in [0.05, 0.1) is 6.42 Å². The van der Waals surface area contributed by atoms with Crippen LogP contribution in [-0.2, 0) is 4.79 Å². The van der Waals surface area contributed by atoms with Gasteiger partial charge in [-0.2, -0.15) is 74.6 Å². The van der Waals surface area contributed by atoms with Crippen molar-refractivity contribution in [2.75, 3.05) is 0 Å². The van der Waals surface area contributed by atoms with E-state index in [1.165, 1.54) is 0 Å². The average molecular weight is 516 g/mol. The molecule has 0 atom stereocenters. The third-order valence-corrected chi connectivity index (χ3v) is 3.15. The standard InChI is InChI=1S/C10H3F17O2.K/c11-3(12,1-2(28)29)4(13,14)5(15,16)6(17,18)7(19,20)8(21,22)9(23,24)10(25,26)27;/h1H2,(H,28,29);/q;+1/p-1. The third kappa shape index (κ3) is 4.38. The van der Waals surface area contributed by atoms with E-state index in [2.05, 4.69) is 0 Å². The Kier molecular flexibility index (Phi) is 8.95. The van der Waals surface area contributed by atoms with E-state index in [4.69, 9.17) is 0 Å². The Morgan fingerprint density at radius 3 is 0.967 bits per heavy atom. The summed E-state index contributed by atoms with van der Waals surface area (Å²) in [5.41, 5.74) is 0. The second-order valence-corrected chi connectivity index (χ2v) is 5.20. The number of halogens is 17. The van der Waals surface area contributed by atoms with Crippen LogP contribution in [0.4, 0.5) is 74.6 Å². The molecule has 0 aliphatic rings. The molecule has 0 amide bonds. The molecule has 0 spiro atoms. The number of aliphatic carboxylic acids is 1. The minimum absolute atomic E-state index is 0. The van der Waals surface area contributed by atoms with Gasteiger partial charge in [-0.05, 0) is 0 Å². The van der Waals surface area contributed by atoms with Crippen molar-refractivity contribution in [2.45, 2.75) is 54.1 Å². The van der Waals surface area contributed by atoms with Crippen LogP contribution in [0.3, 0.4) is 0 Å². The number of carbonyl (C=O) groups excluding carboxylic acids is 1. The zero-order valence-corrected chi connectivity index (χ0v) is 16.6. The fraction of sp³-hybridized carbons (Fsp3) is 0.900. The number of carboxylic acid groups (broad SMARTS) is 1. The third-order valence-electron chi connectivity index (χ3n) is 3.15. The van der Waals surface area contributed by atoms with Gasteiger partial charge in [-0.3, -0.25) is 0 Å². The summed E-state index contributed by atoms with van der Waals surface area (Å²) in [6, 6.07) is 0. The van der Waals surface area contributed by atoms with Crippen molar-refractivity contribution in [1.82, 2.24) is 0 Å². The Morgan fingerprint density at radius 2 is 0.733 bits per heavy atom. The minimum Gasteiger partial charge on any atom is -0.550 e. The summed E-state index contributed by atoms with van der Waals surface area (Å²) in [6.45, 7) is 0. The smallest absolute Gasteiger partial charge is 0.550 e. The van der Waals surface area contributed by atoms with Gasteiger partial charge in [0.15, 0.2) is 0 Å². The normalized spacial score (nSPS) is 15.6. The molecular weight excluding hydrogens is 514 g/mol. The van der Waals surface area contributed by atoms with E-state index in [9.17, 15) is 84.5 Å². The van der Waals surface area contributed by atoms with Crippen LogP contribution in [0.5, 0.6) is 0 Å². The molecule has 0 aromatic carbocycles. The van der Waals surface area contributed by atoms with Gasteiger partial charge >= 0.3 is 99.0 Å². The number of carbonyl (C=O) groups is 1. The largest absolute Gasteiger partial charge is 1.00 e. The fourth-order valence-corrected chi connectivity index (χ4v) is 1.49. The van der Waals surface area contributed by atoms with Crippen molar-refractivity contribution in [3.63, 3.8) is 0 Å². The van der Waals surface area contributed by atoms with Gasteiger partial charge in [0.2, 0.25) is 0 Å². The number of hydrogen-bond acceptors (Lipinski definition) is 2. The second-order valence-electron chi connectivity index (χ2n) is 5.20. The molecule has 0 heterocycles. The van der Waals surface area contributed by atoms with Crippen LogP contribution in [0.1, 0.15) is 6.42 Å². The number of hydrogen-bond donors (Lipinski definition) is 0. The van der Waals surface area contributed by atoms with Crippen molar-refractivity contribution < 1.29 is 136 Å². The molecule has 0 unspecified atom stereocenters. The van der Waals surface area contributed by atoms with Crippen LogP contribution in [0, 0.1) is 0 Å². The number of carboxylic acids is 1. The Hall–Kier alpha value is -0.0836. The van der Waals surface area contributed by atoms with Crippen LogP contribution in [0.2, 0.25) is 0 Å². The van der Waals surface area contributed by atoms with Gasteiger partial charge in [0, 0.05) is 5.97 Å². The van der Waals surface area contributed by atoms with Crippen LogP contribution < -0.4 is 56.5 Å². The summed E-state index contributed by atoms with van der Waals surface area (Å²) in [6.07, 6.45) is -11.4. The van der Waals surface area contributed by atoms with Crippen molar-refractivity contribution >= 4 is 5.97 Å². The van der Waals surface area contributed by atoms with Crippen LogP contribution in [0.15, 0.2) is 0 Å². The first-order chi connectivity index (χ1) is 12.2. The Balaban J connectivity index is 0. The van der Waals surface area contributed by atoms with Gasteiger partial charge in [-0.1, -0.05) is 0 Å². The van der Waals surface area contributed by atoms with E-state index in [0.717, 1.165) is 0 Å². The van der Waals surface area contributed by atoms with Crippen LogP contribution in [-0.4, -0.2) is 53.6 Å². The maximum atomic E-state index is 13.1. The molecule has 0 saturated heterocycles. The molecule has 0 rings (SSSR count). The monoisotopic (exact) mass is 516 g/mol. The van der Waals surface area contributed by atoms with E-state index in [0.29, 0.717) is 0 Å². The quantitative estimate of drug-likeness (QED) is 0.359. The molecule has 0 aliphatic carbocycles. The van der Waals surface area contributed by atoms with Gasteiger partial charge in [0.25, 0.3) is 0 Å². The molecule has 0 radical (unpaired) electrons. The molecule has 0 saturated carbocycles. The van der Waals surface area contributed by atoms with Gasteiger partial charge in [-0.15, -0.1) is 0 Å². The second kappa shape index (κ2) is 8.36. The van der Waals surface area contributed by atoms with Crippen molar-refractivity contribution in [3.05, 3.63) is 0 Å². The van der Waals surface area contributed by atoms with Gasteiger partial charge in [0.1, 0.15) is 0 Å². The first kappa shape index (κ1) is 32.1. The van der Waals surface area contributed by atoms with E-state index in [1.54, 1.807) is 0 Å². The SMILES string of the molecule is O=C([O-])CC(F)(F)C(F)(F)C(F)(F)C(F)(F)C(F)(F)C(F)(F)C(F)(F)C(F)(F)F.[K+]. The summed E-state index contributed by atoms with van der Waals surface area (Å²) in [5.74, 6) is -61.1. The van der Waals surface area contributed by atoms with Crippen LogP contribution in [0.25, 0.3) is 0 Å². The maximum Gasteiger partial charge on any atom is 1.00 e. The van der Waals surface area contributed by atoms with E-state index < -0.39 is 60.0 Å². The van der Waals surface area contributed by atoms with Gasteiger partial charge in [-0.25, -0.2) is 0 Å². The summed E-state index contributed by atoms with van der Waals surface area (Å²) in [4.78, 5) is 9.79. The summed E-state index contributed by atoms with van der Waals surface area (Å²) in [7, 11) is 0. The van der Waals surface area contributed by atoms with Crippen molar-refractivity contribution in [2.24, 2.45) is 0 Å². The zero-order valence-electron chi connectivity index (χ0n) is 13.4. The Bertz CT molecular complexity index is 637. The topological polar surface area (TPSA) is 40.1 Å². The molecule has 0 bridgehead atoms. The first-order valence-corrected chi connectivity index (χ1v) is 6.08. The van der Waals surface area contributed by atoms with Crippen molar-refractivity contribution in [3.8, 4) is 0 Å². The van der Waals surface area contributed by atoms with E-state index >= 15 is 0 Å². The number of rotatable bonds is 8. The Morgan fingerprint density at radius 1 is 0.500 bits per heavy atom. The molecule has 0 aromatic heterocycles. The number of alkyl halides is 17. The molecule has 0 fully saturated rings. The molecule has 2 nitrogen and oxygen atoms in total. The molecule has 20 heteroatoms. The summed E-state index contributed by atoms with van der Waals surface area (Å²) < 4.78 is 216. The van der Waals surface area contributed by atoms with Crippen molar-refractivity contribution in [1.29, 1.82) is 0 Å². The summed E-state index contributed by atoms with van der Waals surface area (Å²) in [5, 5.41) is 9.79. The predicted molar refractivity (Wildman–Crippen MR) is 50.3 cm³/mol. The molecule has 30 heavy (non-hydrogen) atoms. The Labute approximate surface area is 195 Å². The fourth-order valence-electron chi connectivity index (χ4n) is 1.49. The molecule has 0 aromatic rings.